The van der Waals surface area contributed by atoms with Crippen LogP contribution in [-0.4, -0.2) is 32.1 Å². The van der Waals surface area contributed by atoms with Gasteiger partial charge in [-0.3, -0.25) is 0 Å². The Bertz CT molecular complexity index is 337. The largest absolute Gasteiger partial charge is 0.381 e. The third-order valence-electron chi connectivity index (χ3n) is 2.49. The number of rotatable bonds is 0. The van der Waals surface area contributed by atoms with Gasteiger partial charge in [0.25, 0.3) is 0 Å². The van der Waals surface area contributed by atoms with E-state index in [2.05, 4.69) is 48.5 Å². The van der Waals surface area contributed by atoms with Gasteiger partial charge in [-0.05, 0) is 23.6 Å². The zero-order chi connectivity index (χ0) is 10.3. The van der Waals surface area contributed by atoms with Gasteiger partial charge in [-0.2, -0.15) is 0 Å². The molecular weight excluding hydrogens is 191 g/mol. The molecule has 0 spiro atoms. The molecule has 1 aliphatic rings. The van der Waals surface area contributed by atoms with Crippen LogP contribution in [0.2, 0.25) is 0 Å². The normalized spacial score (nSPS) is 13.8. The standard InChI is InChI=1S/C10H8.C4H8O.Li/c1-2-6-10-8-4-3-7-9(10)5-1;1-2-4-5-3-1;/h1-8H;1-4H2;. The van der Waals surface area contributed by atoms with Crippen molar-refractivity contribution in [2.75, 3.05) is 13.2 Å². The van der Waals surface area contributed by atoms with E-state index in [1.807, 2.05) is 0 Å². The van der Waals surface area contributed by atoms with Crippen LogP contribution < -0.4 is 0 Å². The molecule has 1 fully saturated rings. The summed E-state index contributed by atoms with van der Waals surface area (Å²) in [6.45, 7) is 2.00. The van der Waals surface area contributed by atoms with E-state index in [1.54, 1.807) is 0 Å². The van der Waals surface area contributed by atoms with Crippen LogP contribution in [0.4, 0.5) is 0 Å². The van der Waals surface area contributed by atoms with E-state index >= 15 is 0 Å². The summed E-state index contributed by atoms with van der Waals surface area (Å²) in [6.07, 6.45) is 2.56. The third kappa shape index (κ3) is 4.02. The Kier molecular flexibility index (Phi) is 6.26. The zero-order valence-corrected chi connectivity index (χ0v) is 9.86. The summed E-state index contributed by atoms with van der Waals surface area (Å²) in [6, 6.07) is 16.7. The average molecular weight is 207 g/mol. The van der Waals surface area contributed by atoms with Gasteiger partial charge in [0.05, 0.1) is 0 Å². The van der Waals surface area contributed by atoms with Gasteiger partial charge >= 0.3 is 0 Å². The van der Waals surface area contributed by atoms with Gasteiger partial charge in [0, 0.05) is 32.1 Å². The van der Waals surface area contributed by atoms with Gasteiger partial charge in [0.1, 0.15) is 0 Å². The predicted octanol–water partition coefficient (Wildman–Crippen LogP) is 3.26. The first-order chi connectivity index (χ1) is 7.47. The second-order valence-corrected chi connectivity index (χ2v) is 3.67. The quantitative estimate of drug-likeness (QED) is 0.602. The van der Waals surface area contributed by atoms with Gasteiger partial charge < -0.3 is 4.74 Å². The van der Waals surface area contributed by atoms with Crippen molar-refractivity contribution in [1.29, 1.82) is 0 Å². The van der Waals surface area contributed by atoms with Crippen molar-refractivity contribution in [3.8, 4) is 0 Å². The fourth-order valence-corrected chi connectivity index (χ4v) is 1.64. The Balaban J connectivity index is 0.000000183. The fourth-order valence-electron chi connectivity index (χ4n) is 1.64. The van der Waals surface area contributed by atoms with E-state index < -0.39 is 0 Å². The van der Waals surface area contributed by atoms with Gasteiger partial charge in [-0.25, -0.2) is 0 Å². The van der Waals surface area contributed by atoms with Crippen molar-refractivity contribution >= 4 is 29.6 Å². The maximum Gasteiger partial charge on any atom is 0.0466 e. The first-order valence-corrected chi connectivity index (χ1v) is 5.48. The molecule has 1 saturated heterocycles. The second-order valence-electron chi connectivity index (χ2n) is 3.67. The topological polar surface area (TPSA) is 9.23 Å². The monoisotopic (exact) mass is 207 g/mol. The predicted molar refractivity (Wildman–Crippen MR) is 69.8 cm³/mol. The Hall–Kier alpha value is -0.743. The maximum atomic E-state index is 4.94. The van der Waals surface area contributed by atoms with Crippen molar-refractivity contribution in [2.24, 2.45) is 0 Å². The van der Waals surface area contributed by atoms with Crippen molar-refractivity contribution in [3.63, 3.8) is 0 Å². The summed E-state index contributed by atoms with van der Waals surface area (Å²) in [4.78, 5) is 0. The first-order valence-electron chi connectivity index (χ1n) is 5.48. The average Bonchev–Trinajstić information content (AvgIpc) is 2.88. The number of fused-ring (bicyclic) bond motifs is 1. The first kappa shape index (κ1) is 13.3. The van der Waals surface area contributed by atoms with Crippen molar-refractivity contribution in [1.82, 2.24) is 0 Å². The summed E-state index contributed by atoms with van der Waals surface area (Å²) in [5, 5.41) is 2.62. The van der Waals surface area contributed by atoms with E-state index in [-0.39, 0.29) is 18.9 Å². The fraction of sp³-hybridized carbons (Fsp3) is 0.286. The molecular formula is C14H16LiO. The molecule has 79 valence electrons. The van der Waals surface area contributed by atoms with E-state index in [9.17, 15) is 0 Å². The molecule has 0 bridgehead atoms. The molecule has 16 heavy (non-hydrogen) atoms. The number of ether oxygens (including phenoxy) is 1. The van der Waals surface area contributed by atoms with Gasteiger partial charge in [0.2, 0.25) is 0 Å². The Labute approximate surface area is 109 Å². The molecule has 1 aliphatic heterocycles. The van der Waals surface area contributed by atoms with Crippen molar-refractivity contribution < 1.29 is 4.74 Å². The Morgan fingerprint density at radius 3 is 1.31 bits per heavy atom. The van der Waals surface area contributed by atoms with Crippen LogP contribution in [0.5, 0.6) is 0 Å². The van der Waals surface area contributed by atoms with Crippen LogP contribution in [0.25, 0.3) is 10.8 Å². The molecule has 0 N–H and O–H groups in total. The molecule has 0 atom stereocenters. The number of hydrogen-bond donors (Lipinski definition) is 0. The summed E-state index contributed by atoms with van der Waals surface area (Å²) >= 11 is 0. The van der Waals surface area contributed by atoms with Crippen molar-refractivity contribution in [3.05, 3.63) is 48.5 Å². The van der Waals surface area contributed by atoms with E-state index in [0.717, 1.165) is 13.2 Å². The Morgan fingerprint density at radius 2 is 1.06 bits per heavy atom. The smallest absolute Gasteiger partial charge is 0.0466 e. The van der Waals surface area contributed by atoms with Crippen LogP contribution in [0.3, 0.4) is 0 Å². The zero-order valence-electron chi connectivity index (χ0n) is 9.86. The van der Waals surface area contributed by atoms with Crippen LogP contribution in [0.1, 0.15) is 12.8 Å². The van der Waals surface area contributed by atoms with Gasteiger partial charge in [-0.1, -0.05) is 48.5 Å². The molecule has 1 heterocycles. The number of benzene rings is 2. The van der Waals surface area contributed by atoms with E-state index in [0.29, 0.717) is 0 Å². The minimum absolute atomic E-state index is 0. The molecule has 2 aromatic carbocycles. The SMILES string of the molecule is C1CCOC1.[Li].c1ccc2ccccc2c1. The van der Waals surface area contributed by atoms with E-state index in [1.165, 1.54) is 23.6 Å². The summed E-state index contributed by atoms with van der Waals surface area (Å²) in [5.74, 6) is 0. The molecule has 0 aliphatic carbocycles. The Morgan fingerprint density at radius 1 is 0.688 bits per heavy atom. The molecule has 0 aromatic heterocycles. The molecule has 2 aromatic rings. The van der Waals surface area contributed by atoms with Crippen LogP contribution in [0, 0.1) is 0 Å². The molecule has 3 rings (SSSR count). The third-order valence-corrected chi connectivity index (χ3v) is 2.49. The van der Waals surface area contributed by atoms with Crippen LogP contribution >= 0.6 is 0 Å². The minimum Gasteiger partial charge on any atom is -0.381 e. The summed E-state index contributed by atoms with van der Waals surface area (Å²) < 4.78 is 4.94. The number of hydrogen-bond acceptors (Lipinski definition) is 1. The molecule has 2 heteroatoms. The van der Waals surface area contributed by atoms with Crippen LogP contribution in [0.15, 0.2) is 48.5 Å². The van der Waals surface area contributed by atoms with E-state index in [4.69, 9.17) is 4.74 Å². The second kappa shape index (κ2) is 7.52. The molecule has 0 unspecified atom stereocenters. The van der Waals surface area contributed by atoms with Gasteiger partial charge in [0.15, 0.2) is 0 Å². The maximum absolute atomic E-state index is 4.94. The molecule has 0 saturated carbocycles. The minimum atomic E-state index is 0. The summed E-state index contributed by atoms with van der Waals surface area (Å²) in [5.41, 5.74) is 0. The van der Waals surface area contributed by atoms with Crippen LogP contribution in [-0.2, 0) is 4.74 Å². The molecule has 0 amide bonds. The van der Waals surface area contributed by atoms with Gasteiger partial charge in [-0.15, -0.1) is 0 Å². The molecule has 1 radical (unpaired) electrons. The molecule has 1 nitrogen and oxygen atoms in total. The van der Waals surface area contributed by atoms with Crippen molar-refractivity contribution in [2.45, 2.75) is 12.8 Å². The summed E-state index contributed by atoms with van der Waals surface area (Å²) in [7, 11) is 0.